The summed E-state index contributed by atoms with van der Waals surface area (Å²) >= 11 is 4.54. The van der Waals surface area contributed by atoms with Crippen molar-refractivity contribution in [2.24, 2.45) is 0 Å². The number of hydrogen-bond donors (Lipinski definition) is 2. The Morgan fingerprint density at radius 1 is 0.952 bits per heavy atom. The molecule has 0 bridgehead atoms. The molecular weight excluding hydrogens is 639 g/mol. The molecule has 228 valence electrons. The Morgan fingerprint density at radius 3 is 2.33 bits per heavy atom. The van der Waals surface area contributed by atoms with Crippen LogP contribution < -0.4 is 19.3 Å². The summed E-state index contributed by atoms with van der Waals surface area (Å²) in [6.07, 6.45) is 7.59. The van der Waals surface area contributed by atoms with Crippen LogP contribution in [0.2, 0.25) is 0 Å². The molecule has 10 nitrogen and oxygen atoms in total. The Kier molecular flexibility index (Phi) is 10.9. The first-order chi connectivity index (χ1) is 19.9. The molecule has 2 aromatic heterocycles. The van der Waals surface area contributed by atoms with E-state index in [1.54, 1.807) is 27.7 Å². The minimum absolute atomic E-state index is 0.0845. The van der Waals surface area contributed by atoms with Crippen molar-refractivity contribution in [3.8, 4) is 0 Å². The summed E-state index contributed by atoms with van der Waals surface area (Å²) in [7, 11) is -7.98. The number of allylic oxidation sites excluding steroid dienone is 2. The number of unbranched alkanes of at least 4 members (excludes halogenated alkanes) is 2. The SMILES string of the molecule is CCn1c(=Cc2sc3ccccc3[n+]2CCCCS(=O)(=O)O)sc(=CC=C2SC=C(C)N2CCCCS(=O)(=O)O)c1=O. The monoisotopic (exact) mass is 672 g/mol. The molecule has 0 unspecified atom stereocenters. The van der Waals surface area contributed by atoms with E-state index in [9.17, 15) is 21.6 Å². The van der Waals surface area contributed by atoms with Crippen LogP contribution in [0.3, 0.4) is 0 Å². The summed E-state index contributed by atoms with van der Waals surface area (Å²) in [5, 5.41) is 3.89. The quantitative estimate of drug-likeness (QED) is 0.159. The highest BCUT2D eigenvalue weighted by Gasteiger charge is 2.20. The number of aryl methyl sites for hydroxylation is 1. The highest BCUT2D eigenvalue weighted by Crippen LogP contribution is 2.34. The molecule has 42 heavy (non-hydrogen) atoms. The van der Waals surface area contributed by atoms with Crippen molar-refractivity contribution >= 4 is 77.0 Å². The molecular formula is C27H34N3O7S5+. The molecule has 0 spiro atoms. The van der Waals surface area contributed by atoms with E-state index in [0.717, 1.165) is 30.6 Å². The number of benzene rings is 1. The number of thiazole rings is 2. The molecule has 2 N–H and O–H groups in total. The van der Waals surface area contributed by atoms with Gasteiger partial charge in [-0.1, -0.05) is 35.2 Å². The smallest absolute Gasteiger partial charge is 0.269 e. The first-order valence-electron chi connectivity index (χ1n) is 13.4. The second kappa shape index (κ2) is 14.0. The van der Waals surface area contributed by atoms with Crippen LogP contribution in [-0.4, -0.2) is 53.5 Å². The number of rotatable bonds is 13. The average Bonchev–Trinajstić information content (AvgIpc) is 3.54. The summed E-state index contributed by atoms with van der Waals surface area (Å²) in [4.78, 5) is 15.4. The van der Waals surface area contributed by atoms with Gasteiger partial charge in [-0.2, -0.15) is 21.4 Å². The Hall–Kier alpha value is -2.27. The number of thioether (sulfide) groups is 1. The first kappa shape index (κ1) is 32.6. The van der Waals surface area contributed by atoms with Crippen LogP contribution in [0.25, 0.3) is 22.4 Å². The van der Waals surface area contributed by atoms with Gasteiger partial charge in [0.2, 0.25) is 5.52 Å². The van der Waals surface area contributed by atoms with Crippen LogP contribution in [0, 0.1) is 0 Å². The Balaban J connectivity index is 1.64. The predicted molar refractivity (Wildman–Crippen MR) is 171 cm³/mol. The van der Waals surface area contributed by atoms with Crippen molar-refractivity contribution in [2.75, 3.05) is 18.1 Å². The van der Waals surface area contributed by atoms with E-state index in [0.29, 0.717) is 49.8 Å². The number of para-hydroxylation sites is 1. The van der Waals surface area contributed by atoms with Crippen LogP contribution in [0.15, 0.2) is 51.3 Å². The van der Waals surface area contributed by atoms with Gasteiger partial charge in [0, 0.05) is 31.3 Å². The average molecular weight is 673 g/mol. The van der Waals surface area contributed by atoms with E-state index in [1.165, 1.54) is 11.3 Å². The van der Waals surface area contributed by atoms with Crippen molar-refractivity contribution in [3.05, 3.63) is 71.0 Å². The van der Waals surface area contributed by atoms with Gasteiger partial charge in [-0.25, -0.2) is 0 Å². The van der Waals surface area contributed by atoms with Gasteiger partial charge < -0.3 is 4.90 Å². The molecule has 1 aromatic carbocycles. The van der Waals surface area contributed by atoms with Gasteiger partial charge in [0.1, 0.15) is 9.36 Å². The molecule has 3 aromatic rings. The van der Waals surface area contributed by atoms with Crippen LogP contribution in [0.5, 0.6) is 0 Å². The fourth-order valence-corrected chi connectivity index (χ4v) is 8.89. The lowest BCUT2D eigenvalue weighted by atomic mass is 10.3. The van der Waals surface area contributed by atoms with Gasteiger partial charge in [-0.3, -0.25) is 18.5 Å². The maximum absolute atomic E-state index is 13.3. The largest absolute Gasteiger partial charge is 0.339 e. The Labute approximate surface area is 257 Å². The fourth-order valence-electron chi connectivity index (χ4n) is 4.57. The molecule has 0 atom stereocenters. The minimum atomic E-state index is -4.01. The molecule has 0 saturated heterocycles. The van der Waals surface area contributed by atoms with Crippen molar-refractivity contribution in [1.29, 1.82) is 0 Å². The zero-order chi connectivity index (χ0) is 30.5. The molecule has 4 rings (SSSR count). The first-order valence-corrected chi connectivity index (χ1v) is 19.2. The Morgan fingerprint density at radius 2 is 1.64 bits per heavy atom. The molecule has 0 amide bonds. The van der Waals surface area contributed by atoms with E-state index >= 15 is 0 Å². The lowest BCUT2D eigenvalue weighted by Gasteiger charge is -2.21. The van der Waals surface area contributed by atoms with E-state index in [1.807, 2.05) is 61.7 Å². The summed E-state index contributed by atoms with van der Waals surface area (Å²) in [6.45, 7) is 5.57. The standard InChI is InChI=1S/C27H33N3O7S5/c1-3-28-25(18-26-30(15-7-9-17-42(35,36)37)21-10-4-5-11-22(21)39-26)40-23(27(28)31)12-13-24-29(20(2)19-38-24)14-6-8-16-41(32,33)34/h4-5,10-13,18-19H,3,6-9,14-17H2,1-2H3,(H-,32,33,34,35,36,37)/p+1. The van der Waals surface area contributed by atoms with E-state index in [4.69, 9.17) is 9.11 Å². The van der Waals surface area contributed by atoms with E-state index in [2.05, 4.69) is 9.47 Å². The number of fused-ring (bicyclic) bond motifs is 1. The third kappa shape index (κ3) is 8.65. The number of nitrogens with zero attached hydrogens (tertiary/aromatic N) is 3. The maximum Gasteiger partial charge on any atom is 0.269 e. The predicted octanol–water partition coefficient (Wildman–Crippen LogP) is 3.13. The van der Waals surface area contributed by atoms with Gasteiger partial charge in [0.05, 0.1) is 27.1 Å². The third-order valence-electron chi connectivity index (χ3n) is 6.62. The minimum Gasteiger partial charge on any atom is -0.339 e. The molecule has 0 saturated carbocycles. The summed E-state index contributed by atoms with van der Waals surface area (Å²) in [5.74, 6) is -0.545. The number of hydrogen-bond acceptors (Lipinski definition) is 9. The second-order valence-electron chi connectivity index (χ2n) is 9.74. The zero-order valence-corrected chi connectivity index (χ0v) is 27.4. The highest BCUT2D eigenvalue weighted by molar-refractivity contribution is 8.06. The molecule has 0 radical (unpaired) electrons. The van der Waals surface area contributed by atoms with Gasteiger partial charge in [-0.05, 0) is 56.7 Å². The highest BCUT2D eigenvalue weighted by atomic mass is 32.2. The molecule has 15 heteroatoms. The topological polar surface area (TPSA) is 138 Å². The molecule has 3 heterocycles. The van der Waals surface area contributed by atoms with E-state index in [-0.39, 0.29) is 17.1 Å². The molecule has 0 fully saturated rings. The summed E-state index contributed by atoms with van der Waals surface area (Å²) < 4.78 is 68.8. The van der Waals surface area contributed by atoms with Gasteiger partial charge in [0.15, 0.2) is 6.54 Å². The summed E-state index contributed by atoms with van der Waals surface area (Å²) in [5.41, 5.74) is 1.97. The van der Waals surface area contributed by atoms with Crippen LogP contribution in [-0.2, 0) is 33.3 Å². The van der Waals surface area contributed by atoms with Gasteiger partial charge in [0.25, 0.3) is 30.8 Å². The summed E-state index contributed by atoms with van der Waals surface area (Å²) in [6, 6.07) is 7.97. The fraction of sp³-hybridized carbons (Fsp3) is 0.407. The maximum atomic E-state index is 13.3. The lowest BCUT2D eigenvalue weighted by Crippen LogP contribution is -2.36. The van der Waals surface area contributed by atoms with Crippen LogP contribution >= 0.6 is 34.4 Å². The lowest BCUT2D eigenvalue weighted by molar-refractivity contribution is -0.669. The molecule has 1 aliphatic rings. The third-order valence-corrected chi connectivity index (χ3v) is 11.5. The molecule has 1 aliphatic heterocycles. The van der Waals surface area contributed by atoms with E-state index < -0.39 is 20.2 Å². The van der Waals surface area contributed by atoms with Gasteiger partial charge >= 0.3 is 0 Å². The number of aromatic nitrogens is 2. The van der Waals surface area contributed by atoms with Crippen molar-refractivity contribution < 1.29 is 30.5 Å². The van der Waals surface area contributed by atoms with Crippen LogP contribution in [0.4, 0.5) is 0 Å². The Bertz CT molecular complexity index is 1900. The van der Waals surface area contributed by atoms with Gasteiger partial charge in [-0.15, -0.1) is 11.3 Å². The van der Waals surface area contributed by atoms with Crippen LogP contribution in [0.1, 0.15) is 44.5 Å². The molecule has 0 aliphatic carbocycles. The normalized spacial score (nSPS) is 16.3. The second-order valence-corrected chi connectivity index (χ2v) is 15.9. The zero-order valence-electron chi connectivity index (χ0n) is 23.3. The van der Waals surface area contributed by atoms with Crippen molar-refractivity contribution in [2.45, 2.75) is 52.6 Å². The van der Waals surface area contributed by atoms with Crippen molar-refractivity contribution in [1.82, 2.24) is 9.47 Å². The van der Waals surface area contributed by atoms with Crippen molar-refractivity contribution in [3.63, 3.8) is 0 Å².